The van der Waals surface area contributed by atoms with Gasteiger partial charge in [0, 0.05) is 6.54 Å². The van der Waals surface area contributed by atoms with Crippen molar-refractivity contribution in [2.24, 2.45) is 5.73 Å². The normalized spacial score (nSPS) is 12.0. The molecular formula is C5H12NO. The van der Waals surface area contributed by atoms with Gasteiger partial charge >= 0.3 is 0 Å². The SMILES string of the molecule is CC(C)(O)C[CH]N. The Kier molecular flexibility index (Phi) is 2.26. The lowest BCUT2D eigenvalue weighted by molar-refractivity contribution is 0.0796. The van der Waals surface area contributed by atoms with Gasteiger partial charge in [0.25, 0.3) is 0 Å². The Bertz CT molecular complexity index is 46.5. The zero-order chi connectivity index (χ0) is 5.91. The van der Waals surface area contributed by atoms with Crippen LogP contribution in [-0.4, -0.2) is 10.7 Å². The van der Waals surface area contributed by atoms with E-state index in [-0.39, 0.29) is 0 Å². The Morgan fingerprint density at radius 3 is 2.14 bits per heavy atom. The molecular weight excluding hydrogens is 90.1 g/mol. The van der Waals surface area contributed by atoms with E-state index in [9.17, 15) is 0 Å². The minimum absolute atomic E-state index is 0.549. The van der Waals surface area contributed by atoms with Crippen molar-refractivity contribution < 1.29 is 5.11 Å². The molecule has 43 valence electrons. The van der Waals surface area contributed by atoms with Crippen LogP contribution in [0.2, 0.25) is 0 Å². The molecule has 3 N–H and O–H groups in total. The third-order valence-corrected chi connectivity index (χ3v) is 0.617. The van der Waals surface area contributed by atoms with Crippen LogP contribution in [0.15, 0.2) is 0 Å². The molecule has 0 spiro atoms. The van der Waals surface area contributed by atoms with E-state index < -0.39 is 5.60 Å². The minimum atomic E-state index is -0.630. The van der Waals surface area contributed by atoms with Gasteiger partial charge in [-0.2, -0.15) is 0 Å². The van der Waals surface area contributed by atoms with Gasteiger partial charge < -0.3 is 10.8 Å². The zero-order valence-electron chi connectivity index (χ0n) is 4.81. The van der Waals surface area contributed by atoms with Gasteiger partial charge in [-0.05, 0) is 20.3 Å². The molecule has 0 unspecified atom stereocenters. The second-order valence-corrected chi connectivity index (χ2v) is 2.25. The first-order chi connectivity index (χ1) is 3.06. The highest BCUT2D eigenvalue weighted by atomic mass is 16.3. The predicted octanol–water partition coefficient (Wildman–Crippen LogP) is 0.268. The molecule has 0 aromatic carbocycles. The second-order valence-electron chi connectivity index (χ2n) is 2.25. The Balaban J connectivity index is 3.15. The number of aliphatic hydroxyl groups is 1. The van der Waals surface area contributed by atoms with Crippen LogP contribution in [0.4, 0.5) is 0 Å². The van der Waals surface area contributed by atoms with Gasteiger partial charge in [0.05, 0.1) is 5.60 Å². The maximum absolute atomic E-state index is 8.91. The second kappa shape index (κ2) is 2.28. The average Bonchev–Trinajstić information content (AvgIpc) is 1.30. The fourth-order valence-electron chi connectivity index (χ4n) is 0.288. The van der Waals surface area contributed by atoms with Gasteiger partial charge in [-0.1, -0.05) is 0 Å². The van der Waals surface area contributed by atoms with Crippen LogP contribution < -0.4 is 5.73 Å². The summed E-state index contributed by atoms with van der Waals surface area (Å²) < 4.78 is 0. The van der Waals surface area contributed by atoms with E-state index in [1.807, 2.05) is 0 Å². The van der Waals surface area contributed by atoms with E-state index in [1.165, 1.54) is 6.54 Å². The molecule has 2 nitrogen and oxygen atoms in total. The molecule has 0 atom stereocenters. The van der Waals surface area contributed by atoms with Gasteiger partial charge in [-0.25, -0.2) is 0 Å². The quantitative estimate of drug-likeness (QED) is 0.525. The van der Waals surface area contributed by atoms with Gasteiger partial charge in [0.2, 0.25) is 0 Å². The average molecular weight is 102 g/mol. The number of hydrogen-bond donors (Lipinski definition) is 2. The van der Waals surface area contributed by atoms with Crippen molar-refractivity contribution in [3.8, 4) is 0 Å². The monoisotopic (exact) mass is 102 g/mol. The third-order valence-electron chi connectivity index (χ3n) is 0.617. The first-order valence-electron chi connectivity index (χ1n) is 2.32. The van der Waals surface area contributed by atoms with Crippen LogP contribution in [0.3, 0.4) is 0 Å². The molecule has 0 aliphatic heterocycles. The lowest BCUT2D eigenvalue weighted by Crippen LogP contribution is -2.19. The summed E-state index contributed by atoms with van der Waals surface area (Å²) in [6.07, 6.45) is 0.549. The van der Waals surface area contributed by atoms with Gasteiger partial charge in [0.15, 0.2) is 0 Å². The molecule has 0 rings (SSSR count). The van der Waals surface area contributed by atoms with E-state index in [2.05, 4.69) is 0 Å². The number of rotatable bonds is 2. The lowest BCUT2D eigenvalue weighted by Gasteiger charge is -2.13. The Hall–Kier alpha value is -0.0800. The smallest absolute Gasteiger partial charge is 0.0607 e. The van der Waals surface area contributed by atoms with E-state index in [4.69, 9.17) is 10.8 Å². The summed E-state index contributed by atoms with van der Waals surface area (Å²) in [6, 6.07) is 0. The highest BCUT2D eigenvalue weighted by molar-refractivity contribution is 4.70. The summed E-state index contributed by atoms with van der Waals surface area (Å²) in [6.45, 7) is 4.90. The van der Waals surface area contributed by atoms with Crippen molar-refractivity contribution in [1.82, 2.24) is 0 Å². The first kappa shape index (κ1) is 6.92. The summed E-state index contributed by atoms with van der Waals surface area (Å²) in [5.41, 5.74) is 4.40. The molecule has 0 saturated carbocycles. The van der Waals surface area contributed by atoms with Gasteiger partial charge in [-0.15, -0.1) is 0 Å². The molecule has 0 amide bonds. The van der Waals surface area contributed by atoms with Gasteiger partial charge in [-0.3, -0.25) is 0 Å². The summed E-state index contributed by atoms with van der Waals surface area (Å²) in [4.78, 5) is 0. The maximum atomic E-state index is 8.91. The summed E-state index contributed by atoms with van der Waals surface area (Å²) in [7, 11) is 0. The molecule has 0 aromatic rings. The highest BCUT2D eigenvalue weighted by Gasteiger charge is 2.09. The van der Waals surface area contributed by atoms with Crippen molar-refractivity contribution in [1.29, 1.82) is 0 Å². The third kappa shape index (κ3) is 5.92. The Morgan fingerprint density at radius 2 is 2.14 bits per heavy atom. The van der Waals surface area contributed by atoms with E-state index >= 15 is 0 Å². The number of nitrogens with two attached hydrogens (primary N) is 1. The summed E-state index contributed by atoms with van der Waals surface area (Å²) in [5, 5.41) is 8.91. The van der Waals surface area contributed by atoms with Crippen LogP contribution in [0.1, 0.15) is 20.3 Å². The van der Waals surface area contributed by atoms with Crippen LogP contribution in [0.25, 0.3) is 0 Å². The largest absolute Gasteiger partial charge is 0.390 e. The standard InChI is InChI=1S/C5H12NO/c1-5(2,7)3-4-6/h4,7H,3,6H2,1-2H3. The molecule has 7 heavy (non-hydrogen) atoms. The Labute approximate surface area is 44.3 Å². The van der Waals surface area contributed by atoms with Crippen LogP contribution >= 0.6 is 0 Å². The molecule has 0 fully saturated rings. The van der Waals surface area contributed by atoms with Crippen LogP contribution in [0, 0.1) is 6.54 Å². The van der Waals surface area contributed by atoms with Crippen LogP contribution in [0.5, 0.6) is 0 Å². The van der Waals surface area contributed by atoms with Gasteiger partial charge in [0.1, 0.15) is 0 Å². The molecule has 0 aromatic heterocycles. The summed E-state index contributed by atoms with van der Waals surface area (Å²) in [5.74, 6) is 0. The predicted molar refractivity (Wildman–Crippen MR) is 29.4 cm³/mol. The topological polar surface area (TPSA) is 46.2 Å². The van der Waals surface area contributed by atoms with E-state index in [0.717, 1.165) is 0 Å². The van der Waals surface area contributed by atoms with Crippen LogP contribution in [-0.2, 0) is 0 Å². The maximum Gasteiger partial charge on any atom is 0.0607 e. The molecule has 0 bridgehead atoms. The van der Waals surface area contributed by atoms with Crippen molar-refractivity contribution >= 4 is 0 Å². The molecule has 1 radical (unpaired) electrons. The fourth-order valence-corrected chi connectivity index (χ4v) is 0.288. The molecule has 2 heteroatoms. The summed E-state index contributed by atoms with van der Waals surface area (Å²) >= 11 is 0. The van der Waals surface area contributed by atoms with E-state index in [1.54, 1.807) is 13.8 Å². The highest BCUT2D eigenvalue weighted by Crippen LogP contribution is 2.05. The first-order valence-corrected chi connectivity index (χ1v) is 2.32. The van der Waals surface area contributed by atoms with Crippen molar-refractivity contribution in [3.05, 3.63) is 6.54 Å². The number of hydrogen-bond acceptors (Lipinski definition) is 2. The van der Waals surface area contributed by atoms with Crippen molar-refractivity contribution in [2.75, 3.05) is 0 Å². The molecule has 0 saturated heterocycles. The minimum Gasteiger partial charge on any atom is -0.390 e. The van der Waals surface area contributed by atoms with Crippen molar-refractivity contribution in [3.63, 3.8) is 0 Å². The molecule has 0 aliphatic rings. The molecule has 0 heterocycles. The lowest BCUT2D eigenvalue weighted by atomic mass is 10.1. The van der Waals surface area contributed by atoms with E-state index in [0.29, 0.717) is 6.42 Å². The fraction of sp³-hybridized carbons (Fsp3) is 0.800. The van der Waals surface area contributed by atoms with Crippen molar-refractivity contribution in [2.45, 2.75) is 25.9 Å². The Morgan fingerprint density at radius 1 is 1.71 bits per heavy atom. The zero-order valence-corrected chi connectivity index (χ0v) is 4.81. The molecule has 0 aliphatic carbocycles.